The molecule has 112 valence electrons. The molecule has 5 nitrogen and oxygen atoms in total. The van der Waals surface area contributed by atoms with Crippen LogP contribution in [0.3, 0.4) is 0 Å². The van der Waals surface area contributed by atoms with Gasteiger partial charge in [-0.25, -0.2) is 4.98 Å². The monoisotopic (exact) mass is 306 g/mol. The Balaban J connectivity index is 2.17. The highest BCUT2D eigenvalue weighted by Gasteiger charge is 2.13. The van der Waals surface area contributed by atoms with Crippen LogP contribution < -0.4 is 11.1 Å². The largest absolute Gasteiger partial charge is 0.327 e. The SMILES string of the molecule is CCCC(N)CC(=O)Nc1cccc(Cl)c1-n1ccnc1. The Bertz CT molecular complexity index is 598. The van der Waals surface area contributed by atoms with Gasteiger partial charge in [-0.2, -0.15) is 0 Å². The van der Waals surface area contributed by atoms with Gasteiger partial charge in [-0.1, -0.05) is 31.0 Å². The van der Waals surface area contributed by atoms with Crippen molar-refractivity contribution >= 4 is 23.2 Å². The first-order valence-electron chi connectivity index (χ1n) is 6.94. The number of nitrogens with one attached hydrogen (secondary N) is 1. The summed E-state index contributed by atoms with van der Waals surface area (Å²) in [7, 11) is 0. The molecule has 0 aliphatic heterocycles. The molecule has 1 aromatic heterocycles. The third kappa shape index (κ3) is 4.06. The van der Waals surface area contributed by atoms with Crippen molar-refractivity contribution in [1.29, 1.82) is 0 Å². The number of amides is 1. The summed E-state index contributed by atoms with van der Waals surface area (Å²) in [6, 6.07) is 5.26. The van der Waals surface area contributed by atoms with E-state index in [0.717, 1.165) is 12.8 Å². The molecular weight excluding hydrogens is 288 g/mol. The first-order chi connectivity index (χ1) is 10.1. The number of carbonyl (C=O) groups is 1. The second-order valence-corrected chi connectivity index (χ2v) is 5.31. The highest BCUT2D eigenvalue weighted by molar-refractivity contribution is 6.33. The lowest BCUT2D eigenvalue weighted by Gasteiger charge is -2.15. The van der Waals surface area contributed by atoms with Crippen LogP contribution in [0.4, 0.5) is 5.69 Å². The molecule has 0 aliphatic rings. The third-order valence-electron chi connectivity index (χ3n) is 3.13. The van der Waals surface area contributed by atoms with Gasteiger partial charge in [0, 0.05) is 24.9 Å². The number of nitrogens with two attached hydrogens (primary N) is 1. The summed E-state index contributed by atoms with van der Waals surface area (Å²) in [4.78, 5) is 16.1. The highest BCUT2D eigenvalue weighted by Crippen LogP contribution is 2.28. The molecule has 0 saturated heterocycles. The van der Waals surface area contributed by atoms with Gasteiger partial charge in [-0.15, -0.1) is 0 Å². The van der Waals surface area contributed by atoms with E-state index >= 15 is 0 Å². The Morgan fingerprint density at radius 3 is 3.00 bits per heavy atom. The van der Waals surface area contributed by atoms with Crippen LogP contribution in [0.25, 0.3) is 5.69 Å². The lowest BCUT2D eigenvalue weighted by atomic mass is 10.1. The molecule has 3 N–H and O–H groups in total. The van der Waals surface area contributed by atoms with Crippen LogP contribution >= 0.6 is 11.6 Å². The summed E-state index contributed by atoms with van der Waals surface area (Å²) in [6.45, 7) is 2.05. The maximum Gasteiger partial charge on any atom is 0.225 e. The summed E-state index contributed by atoms with van der Waals surface area (Å²) < 4.78 is 1.77. The Morgan fingerprint density at radius 2 is 2.33 bits per heavy atom. The lowest BCUT2D eigenvalue weighted by Crippen LogP contribution is -2.27. The number of anilines is 1. The molecule has 2 aromatic rings. The second kappa shape index (κ2) is 7.24. The van der Waals surface area contributed by atoms with Crippen molar-refractivity contribution in [1.82, 2.24) is 9.55 Å². The van der Waals surface area contributed by atoms with Crippen LogP contribution in [-0.4, -0.2) is 21.5 Å². The van der Waals surface area contributed by atoms with Crippen LogP contribution in [0, 0.1) is 0 Å². The molecular formula is C15H19ClN4O. The first-order valence-corrected chi connectivity index (χ1v) is 7.32. The van der Waals surface area contributed by atoms with E-state index in [1.165, 1.54) is 0 Å². The minimum atomic E-state index is -0.120. The number of para-hydroxylation sites is 1. The van der Waals surface area contributed by atoms with Crippen molar-refractivity contribution in [2.24, 2.45) is 5.73 Å². The average molecular weight is 307 g/mol. The minimum Gasteiger partial charge on any atom is -0.327 e. The molecule has 0 fully saturated rings. The summed E-state index contributed by atoms with van der Waals surface area (Å²) in [5.74, 6) is -0.111. The zero-order valence-corrected chi connectivity index (χ0v) is 12.7. The standard InChI is InChI=1S/C15H19ClN4O/c1-2-4-11(17)9-14(21)19-13-6-3-5-12(16)15(13)20-8-7-18-10-20/h3,5-8,10-11H,2,4,9,17H2,1H3,(H,19,21). The predicted molar refractivity (Wildman–Crippen MR) is 84.7 cm³/mol. The van der Waals surface area contributed by atoms with Crippen LogP contribution in [0.5, 0.6) is 0 Å². The molecule has 1 heterocycles. The number of imidazole rings is 1. The summed E-state index contributed by atoms with van der Waals surface area (Å²) in [6.07, 6.45) is 7.17. The van der Waals surface area contributed by atoms with Crippen molar-refractivity contribution in [2.75, 3.05) is 5.32 Å². The molecule has 1 atom stereocenters. The molecule has 1 aromatic carbocycles. The summed E-state index contributed by atoms with van der Waals surface area (Å²) in [5, 5.41) is 3.42. The van der Waals surface area contributed by atoms with Crippen LogP contribution in [-0.2, 0) is 4.79 Å². The molecule has 2 rings (SSSR count). The van der Waals surface area contributed by atoms with E-state index in [4.69, 9.17) is 17.3 Å². The van der Waals surface area contributed by atoms with Crippen molar-refractivity contribution in [3.63, 3.8) is 0 Å². The molecule has 6 heteroatoms. The van der Waals surface area contributed by atoms with Gasteiger partial charge >= 0.3 is 0 Å². The van der Waals surface area contributed by atoms with Crippen molar-refractivity contribution < 1.29 is 4.79 Å². The number of rotatable bonds is 6. The van der Waals surface area contributed by atoms with Crippen molar-refractivity contribution in [3.05, 3.63) is 41.9 Å². The molecule has 0 bridgehead atoms. The molecule has 21 heavy (non-hydrogen) atoms. The Labute approximate surface area is 129 Å². The third-order valence-corrected chi connectivity index (χ3v) is 3.44. The second-order valence-electron chi connectivity index (χ2n) is 4.91. The lowest BCUT2D eigenvalue weighted by molar-refractivity contribution is -0.116. The smallest absolute Gasteiger partial charge is 0.225 e. The fourth-order valence-corrected chi connectivity index (χ4v) is 2.45. The van der Waals surface area contributed by atoms with Gasteiger partial charge in [0.2, 0.25) is 5.91 Å². The van der Waals surface area contributed by atoms with Gasteiger partial charge < -0.3 is 15.6 Å². The molecule has 0 radical (unpaired) electrons. The van der Waals surface area contributed by atoms with Gasteiger partial charge in [-0.05, 0) is 18.6 Å². The van der Waals surface area contributed by atoms with E-state index in [0.29, 0.717) is 22.8 Å². The fourth-order valence-electron chi connectivity index (χ4n) is 2.18. The number of benzene rings is 1. The maximum absolute atomic E-state index is 12.1. The quantitative estimate of drug-likeness (QED) is 0.861. The normalized spacial score (nSPS) is 12.1. The van der Waals surface area contributed by atoms with E-state index in [1.54, 1.807) is 35.4 Å². The van der Waals surface area contributed by atoms with E-state index in [1.807, 2.05) is 13.0 Å². The van der Waals surface area contributed by atoms with Gasteiger partial charge in [-0.3, -0.25) is 4.79 Å². The summed E-state index contributed by atoms with van der Waals surface area (Å²) >= 11 is 6.24. The van der Waals surface area contributed by atoms with Crippen molar-refractivity contribution in [2.45, 2.75) is 32.2 Å². The molecule has 0 spiro atoms. The molecule has 1 unspecified atom stereocenters. The summed E-state index contributed by atoms with van der Waals surface area (Å²) in [5.41, 5.74) is 7.25. The number of nitrogens with zero attached hydrogens (tertiary/aromatic N) is 2. The van der Waals surface area contributed by atoms with Gasteiger partial charge in [0.1, 0.15) is 0 Å². The van der Waals surface area contributed by atoms with Gasteiger partial charge in [0.15, 0.2) is 0 Å². The van der Waals surface area contributed by atoms with Crippen LogP contribution in [0.1, 0.15) is 26.2 Å². The number of hydrogen-bond acceptors (Lipinski definition) is 3. The maximum atomic E-state index is 12.1. The van der Waals surface area contributed by atoms with E-state index in [-0.39, 0.29) is 11.9 Å². The number of carbonyl (C=O) groups excluding carboxylic acids is 1. The van der Waals surface area contributed by atoms with E-state index in [9.17, 15) is 4.79 Å². The Hall–Kier alpha value is -1.85. The molecule has 0 saturated carbocycles. The topological polar surface area (TPSA) is 72.9 Å². The van der Waals surface area contributed by atoms with Crippen LogP contribution in [0.2, 0.25) is 5.02 Å². The zero-order valence-electron chi connectivity index (χ0n) is 11.9. The predicted octanol–water partition coefficient (Wildman–Crippen LogP) is 2.98. The number of hydrogen-bond donors (Lipinski definition) is 2. The van der Waals surface area contributed by atoms with E-state index in [2.05, 4.69) is 10.3 Å². The fraction of sp³-hybridized carbons (Fsp3) is 0.333. The Kier molecular flexibility index (Phi) is 5.36. The number of halogens is 1. The highest BCUT2D eigenvalue weighted by atomic mass is 35.5. The minimum absolute atomic E-state index is 0.111. The molecule has 0 aliphatic carbocycles. The first kappa shape index (κ1) is 15.5. The Morgan fingerprint density at radius 1 is 1.52 bits per heavy atom. The zero-order chi connectivity index (χ0) is 15.2. The van der Waals surface area contributed by atoms with Crippen molar-refractivity contribution in [3.8, 4) is 5.69 Å². The van der Waals surface area contributed by atoms with Crippen LogP contribution in [0.15, 0.2) is 36.9 Å². The van der Waals surface area contributed by atoms with Gasteiger partial charge in [0.25, 0.3) is 0 Å². The average Bonchev–Trinajstić information content (AvgIpc) is 2.92. The van der Waals surface area contributed by atoms with E-state index < -0.39 is 0 Å². The number of aromatic nitrogens is 2. The van der Waals surface area contributed by atoms with Gasteiger partial charge in [0.05, 0.1) is 22.7 Å². The molecule has 1 amide bonds.